The summed E-state index contributed by atoms with van der Waals surface area (Å²) in [5, 5.41) is 5.48. The van der Waals surface area contributed by atoms with Gasteiger partial charge >= 0.3 is 0 Å². The van der Waals surface area contributed by atoms with Crippen LogP contribution in [0.3, 0.4) is 0 Å². The summed E-state index contributed by atoms with van der Waals surface area (Å²) in [6.07, 6.45) is 2.81. The largest absolute Gasteiger partial charge is 0.495 e. The lowest BCUT2D eigenvalue weighted by molar-refractivity contribution is -0.114. The van der Waals surface area contributed by atoms with E-state index in [1.54, 1.807) is 30.3 Å². The van der Waals surface area contributed by atoms with Crippen LogP contribution in [0.2, 0.25) is 0 Å². The smallest absolute Gasteiger partial charge is 0.243 e. The Bertz CT molecular complexity index is 1040. The van der Waals surface area contributed by atoms with Crippen LogP contribution in [0.15, 0.2) is 53.4 Å². The lowest BCUT2D eigenvalue weighted by Crippen LogP contribution is -2.35. The molecule has 2 aromatic carbocycles. The minimum Gasteiger partial charge on any atom is -0.495 e. The summed E-state index contributed by atoms with van der Waals surface area (Å²) in [5.74, 6) is 0.256. The molecule has 0 aromatic heterocycles. The average Bonchev–Trinajstić information content (AvgIpc) is 2.80. The third-order valence-corrected chi connectivity index (χ3v) is 7.78. The molecule has 2 aromatic rings. The zero-order valence-corrected chi connectivity index (χ0v) is 19.5. The fraction of sp³-hybridized carbons (Fsp3) is 0.364. The molecule has 0 spiro atoms. The van der Waals surface area contributed by atoms with Gasteiger partial charge in [-0.15, -0.1) is 11.8 Å². The monoisotopic (exact) mass is 477 g/mol. The first kappa shape index (κ1) is 24.1. The van der Waals surface area contributed by atoms with E-state index < -0.39 is 10.0 Å². The first-order valence-electron chi connectivity index (χ1n) is 10.3. The molecule has 10 heteroatoms. The van der Waals surface area contributed by atoms with Gasteiger partial charge in [-0.25, -0.2) is 8.42 Å². The highest BCUT2D eigenvalue weighted by molar-refractivity contribution is 8.00. The molecule has 0 aliphatic carbocycles. The van der Waals surface area contributed by atoms with Gasteiger partial charge in [-0.1, -0.05) is 18.6 Å². The number of thioether (sulfide) groups is 1. The van der Waals surface area contributed by atoms with Crippen molar-refractivity contribution in [3.05, 3.63) is 48.5 Å². The van der Waals surface area contributed by atoms with Crippen LogP contribution >= 0.6 is 11.8 Å². The number of piperidine rings is 1. The average molecular weight is 478 g/mol. The van der Waals surface area contributed by atoms with E-state index in [0.29, 0.717) is 30.2 Å². The molecule has 0 atom stereocenters. The molecular formula is C22H27N3O5S2. The van der Waals surface area contributed by atoms with Crippen molar-refractivity contribution in [1.29, 1.82) is 0 Å². The Kier molecular flexibility index (Phi) is 8.54. The fourth-order valence-corrected chi connectivity index (χ4v) is 5.47. The maximum atomic E-state index is 12.7. The normalized spacial score (nSPS) is 14.5. The third kappa shape index (κ3) is 6.47. The van der Waals surface area contributed by atoms with Crippen molar-refractivity contribution in [2.24, 2.45) is 0 Å². The number of anilines is 2. The highest BCUT2D eigenvalue weighted by Gasteiger charge is 2.25. The number of benzene rings is 2. The van der Waals surface area contributed by atoms with Gasteiger partial charge < -0.3 is 15.4 Å². The molecule has 1 fully saturated rings. The predicted octanol–water partition coefficient (Wildman–Crippen LogP) is 3.18. The molecule has 0 bridgehead atoms. The molecule has 8 nitrogen and oxygen atoms in total. The van der Waals surface area contributed by atoms with E-state index in [0.717, 1.165) is 19.3 Å². The number of nitrogens with zero attached hydrogens (tertiary/aromatic N) is 1. The van der Waals surface area contributed by atoms with E-state index in [4.69, 9.17) is 4.74 Å². The van der Waals surface area contributed by atoms with Crippen LogP contribution in [0, 0.1) is 0 Å². The molecular weight excluding hydrogens is 450 g/mol. The van der Waals surface area contributed by atoms with Crippen LogP contribution < -0.4 is 15.4 Å². The van der Waals surface area contributed by atoms with Gasteiger partial charge in [-0.2, -0.15) is 4.31 Å². The Hall–Kier alpha value is -2.56. The highest BCUT2D eigenvalue weighted by Crippen LogP contribution is 2.24. The number of carbonyl (C=O) groups excluding carboxylic acids is 2. The highest BCUT2D eigenvalue weighted by atomic mass is 32.2. The van der Waals surface area contributed by atoms with Gasteiger partial charge in [-0.3, -0.25) is 9.59 Å². The maximum absolute atomic E-state index is 12.7. The van der Waals surface area contributed by atoms with E-state index in [1.807, 2.05) is 6.07 Å². The number of methoxy groups -OCH3 is 1. The Morgan fingerprint density at radius 3 is 2.22 bits per heavy atom. The zero-order valence-electron chi connectivity index (χ0n) is 17.9. The van der Waals surface area contributed by atoms with Crippen molar-refractivity contribution >= 4 is 45.0 Å². The summed E-state index contributed by atoms with van der Waals surface area (Å²) < 4.78 is 32.1. The number of sulfonamides is 1. The van der Waals surface area contributed by atoms with Gasteiger partial charge in [0, 0.05) is 18.8 Å². The number of hydrogen-bond donors (Lipinski definition) is 2. The summed E-state index contributed by atoms with van der Waals surface area (Å²) in [5.41, 5.74) is 1.08. The summed E-state index contributed by atoms with van der Waals surface area (Å²) in [4.78, 5) is 24.5. The van der Waals surface area contributed by atoms with E-state index >= 15 is 0 Å². The summed E-state index contributed by atoms with van der Waals surface area (Å²) in [7, 11) is -1.97. The van der Waals surface area contributed by atoms with Gasteiger partial charge in [0.15, 0.2) is 0 Å². The van der Waals surface area contributed by atoms with Crippen molar-refractivity contribution in [3.63, 3.8) is 0 Å². The number of para-hydroxylation sites is 2. The van der Waals surface area contributed by atoms with Crippen LogP contribution in [0.1, 0.15) is 19.3 Å². The number of carbonyl (C=O) groups is 2. The number of rotatable bonds is 9. The summed E-state index contributed by atoms with van der Waals surface area (Å²) in [6, 6.07) is 13.3. The molecule has 32 heavy (non-hydrogen) atoms. The molecule has 1 heterocycles. The summed E-state index contributed by atoms with van der Waals surface area (Å²) >= 11 is 1.18. The van der Waals surface area contributed by atoms with Crippen LogP contribution in [0.5, 0.6) is 5.75 Å². The number of hydrogen-bond acceptors (Lipinski definition) is 6. The molecule has 1 aliphatic heterocycles. The van der Waals surface area contributed by atoms with Gasteiger partial charge in [0.25, 0.3) is 0 Å². The fourth-order valence-electron chi connectivity index (χ4n) is 3.33. The Morgan fingerprint density at radius 1 is 0.938 bits per heavy atom. The van der Waals surface area contributed by atoms with Crippen molar-refractivity contribution in [3.8, 4) is 5.75 Å². The van der Waals surface area contributed by atoms with Crippen molar-refractivity contribution in [2.75, 3.05) is 42.3 Å². The van der Waals surface area contributed by atoms with Crippen LogP contribution in [-0.4, -0.2) is 56.2 Å². The Morgan fingerprint density at radius 2 is 1.56 bits per heavy atom. The zero-order chi connectivity index (χ0) is 23.0. The van der Waals surface area contributed by atoms with Crippen molar-refractivity contribution in [1.82, 2.24) is 4.31 Å². The van der Waals surface area contributed by atoms with E-state index in [9.17, 15) is 18.0 Å². The first-order valence-corrected chi connectivity index (χ1v) is 12.9. The second-order valence-electron chi connectivity index (χ2n) is 7.28. The number of amides is 2. The standard InChI is InChI=1S/C22H27N3O5S2/c1-30-20-8-4-3-7-19(20)24-22(27)16-31-15-21(26)23-17-9-11-18(12-10-17)32(28,29)25-13-5-2-6-14-25/h3-4,7-12H,2,5-6,13-16H2,1H3,(H,23,26)(H,24,27). The van der Waals surface area contributed by atoms with Gasteiger partial charge in [0.1, 0.15) is 5.75 Å². The predicted molar refractivity (Wildman–Crippen MR) is 127 cm³/mol. The molecule has 172 valence electrons. The molecule has 1 saturated heterocycles. The van der Waals surface area contributed by atoms with Crippen molar-refractivity contribution in [2.45, 2.75) is 24.2 Å². The first-order chi connectivity index (χ1) is 15.4. The number of nitrogens with one attached hydrogen (secondary N) is 2. The van der Waals surface area contributed by atoms with Crippen LogP contribution in [0.4, 0.5) is 11.4 Å². The molecule has 2 amide bonds. The Balaban J connectivity index is 1.45. The van der Waals surface area contributed by atoms with Crippen LogP contribution in [0.25, 0.3) is 0 Å². The molecule has 3 rings (SSSR count). The molecule has 0 radical (unpaired) electrons. The minimum absolute atomic E-state index is 0.0904. The minimum atomic E-state index is -3.50. The van der Waals surface area contributed by atoms with Gasteiger partial charge in [0.05, 0.1) is 29.2 Å². The van der Waals surface area contributed by atoms with Gasteiger partial charge in [0.2, 0.25) is 21.8 Å². The molecule has 1 aliphatic rings. The SMILES string of the molecule is COc1ccccc1NC(=O)CSCC(=O)Nc1ccc(S(=O)(=O)N2CCCCC2)cc1. The third-order valence-electron chi connectivity index (χ3n) is 4.94. The number of ether oxygens (including phenoxy) is 1. The molecule has 0 saturated carbocycles. The second-order valence-corrected chi connectivity index (χ2v) is 10.2. The molecule has 0 unspecified atom stereocenters. The Labute approximate surface area is 192 Å². The topological polar surface area (TPSA) is 105 Å². The van der Waals surface area contributed by atoms with Crippen LogP contribution in [-0.2, 0) is 19.6 Å². The quantitative estimate of drug-likeness (QED) is 0.575. The maximum Gasteiger partial charge on any atom is 0.243 e. The lowest BCUT2D eigenvalue weighted by Gasteiger charge is -2.25. The van der Waals surface area contributed by atoms with Crippen molar-refractivity contribution < 1.29 is 22.7 Å². The second kappa shape index (κ2) is 11.3. The van der Waals surface area contributed by atoms with E-state index in [2.05, 4.69) is 10.6 Å². The van der Waals surface area contributed by atoms with E-state index in [-0.39, 0.29) is 28.2 Å². The lowest BCUT2D eigenvalue weighted by atomic mass is 10.2. The molecule has 2 N–H and O–H groups in total. The van der Waals surface area contributed by atoms with Gasteiger partial charge in [-0.05, 0) is 49.2 Å². The van der Waals surface area contributed by atoms with E-state index in [1.165, 1.54) is 35.3 Å². The summed E-state index contributed by atoms with van der Waals surface area (Å²) in [6.45, 7) is 1.09.